The molecule has 1 N–H and O–H groups in total. The van der Waals surface area contributed by atoms with Gasteiger partial charge in [-0.2, -0.15) is 0 Å². The van der Waals surface area contributed by atoms with E-state index >= 15 is 0 Å². The van der Waals surface area contributed by atoms with Crippen molar-refractivity contribution in [2.24, 2.45) is 5.92 Å². The number of hydrogen-bond donors (Lipinski definition) is 1. The van der Waals surface area contributed by atoms with Gasteiger partial charge in [-0.15, -0.1) is 0 Å². The van der Waals surface area contributed by atoms with Crippen molar-refractivity contribution in [1.82, 2.24) is 15.1 Å². The van der Waals surface area contributed by atoms with E-state index in [1.165, 1.54) is 39.3 Å². The Bertz CT molecular complexity index is 226. The predicted molar refractivity (Wildman–Crippen MR) is 68.7 cm³/mol. The van der Waals surface area contributed by atoms with Crippen LogP contribution in [0.4, 0.5) is 0 Å². The van der Waals surface area contributed by atoms with Crippen LogP contribution in [-0.4, -0.2) is 60.6 Å². The van der Waals surface area contributed by atoms with Crippen LogP contribution in [0.15, 0.2) is 0 Å². The van der Waals surface area contributed by atoms with Crippen molar-refractivity contribution in [3.63, 3.8) is 0 Å². The molecule has 2 aliphatic heterocycles. The Labute approximate surface area is 100 Å². The summed E-state index contributed by atoms with van der Waals surface area (Å²) < 4.78 is 0. The number of rotatable bonds is 1. The number of nitrogens with zero attached hydrogens (tertiary/aromatic N) is 2. The molecule has 0 saturated carbocycles. The van der Waals surface area contributed by atoms with Crippen molar-refractivity contribution < 1.29 is 0 Å². The van der Waals surface area contributed by atoms with Crippen LogP contribution < -0.4 is 5.32 Å². The Kier molecular flexibility index (Phi) is 3.57. The van der Waals surface area contributed by atoms with Crippen LogP contribution in [0.3, 0.4) is 0 Å². The quantitative estimate of drug-likeness (QED) is 0.718. The zero-order chi connectivity index (χ0) is 11.8. The molecule has 0 radical (unpaired) electrons. The molecule has 0 aromatic carbocycles. The van der Waals surface area contributed by atoms with Crippen LogP contribution in [-0.2, 0) is 0 Å². The highest BCUT2D eigenvalue weighted by Gasteiger charge is 2.33. The van der Waals surface area contributed by atoms with E-state index in [0.29, 0.717) is 5.54 Å². The second-order valence-corrected chi connectivity index (χ2v) is 6.40. The van der Waals surface area contributed by atoms with Crippen LogP contribution in [0.1, 0.15) is 27.7 Å². The first-order valence-corrected chi connectivity index (χ1v) is 6.68. The maximum absolute atomic E-state index is 3.51. The smallest absolute Gasteiger partial charge is 0.0259 e. The lowest BCUT2D eigenvalue weighted by molar-refractivity contribution is 0.0383. The van der Waals surface area contributed by atoms with E-state index in [-0.39, 0.29) is 0 Å². The Morgan fingerprint density at radius 2 is 1.62 bits per heavy atom. The van der Waals surface area contributed by atoms with Gasteiger partial charge in [0.25, 0.3) is 0 Å². The van der Waals surface area contributed by atoms with Crippen molar-refractivity contribution in [3.8, 4) is 0 Å². The molecular weight excluding hydrogens is 198 g/mol. The zero-order valence-electron chi connectivity index (χ0n) is 11.3. The number of piperazine rings is 1. The van der Waals surface area contributed by atoms with Crippen molar-refractivity contribution >= 4 is 0 Å². The maximum atomic E-state index is 3.51. The Balaban J connectivity index is 1.85. The fraction of sp³-hybridized carbons (Fsp3) is 1.00. The van der Waals surface area contributed by atoms with Crippen molar-refractivity contribution in [1.29, 1.82) is 0 Å². The molecule has 2 aliphatic rings. The summed E-state index contributed by atoms with van der Waals surface area (Å²) in [7, 11) is 0. The summed E-state index contributed by atoms with van der Waals surface area (Å²) in [4.78, 5) is 5.30. The van der Waals surface area contributed by atoms with Gasteiger partial charge in [0.05, 0.1) is 0 Å². The summed E-state index contributed by atoms with van der Waals surface area (Å²) in [5.74, 6) is 0.821. The van der Waals surface area contributed by atoms with Crippen molar-refractivity contribution in [2.45, 2.75) is 39.3 Å². The van der Waals surface area contributed by atoms with Gasteiger partial charge in [-0.05, 0) is 33.2 Å². The topological polar surface area (TPSA) is 18.5 Å². The lowest BCUT2D eigenvalue weighted by Crippen LogP contribution is -2.56. The van der Waals surface area contributed by atoms with E-state index in [2.05, 4.69) is 42.8 Å². The normalized spacial score (nSPS) is 34.5. The van der Waals surface area contributed by atoms with Gasteiger partial charge in [-0.1, -0.05) is 6.92 Å². The van der Waals surface area contributed by atoms with Crippen LogP contribution >= 0.6 is 0 Å². The highest BCUT2D eigenvalue weighted by molar-refractivity contribution is 4.90. The number of hydrogen-bond acceptors (Lipinski definition) is 3. The van der Waals surface area contributed by atoms with Gasteiger partial charge >= 0.3 is 0 Å². The molecule has 2 heterocycles. The van der Waals surface area contributed by atoms with Crippen LogP contribution in [0.5, 0.6) is 0 Å². The first-order valence-electron chi connectivity index (χ1n) is 6.68. The first kappa shape index (κ1) is 12.3. The first-order chi connectivity index (χ1) is 7.48. The monoisotopic (exact) mass is 225 g/mol. The third-order valence-corrected chi connectivity index (χ3v) is 4.21. The van der Waals surface area contributed by atoms with Gasteiger partial charge in [0.2, 0.25) is 0 Å². The van der Waals surface area contributed by atoms with Crippen LogP contribution in [0, 0.1) is 5.92 Å². The third-order valence-electron chi connectivity index (χ3n) is 4.21. The van der Waals surface area contributed by atoms with Crippen LogP contribution in [0.25, 0.3) is 0 Å². The molecule has 0 spiro atoms. The summed E-state index contributed by atoms with van der Waals surface area (Å²) >= 11 is 0. The lowest BCUT2D eigenvalue weighted by Gasteiger charge is -2.44. The third kappa shape index (κ3) is 2.58. The van der Waals surface area contributed by atoms with E-state index in [9.17, 15) is 0 Å². The fourth-order valence-electron chi connectivity index (χ4n) is 3.01. The van der Waals surface area contributed by atoms with Gasteiger partial charge in [-0.25, -0.2) is 0 Å². The SMILES string of the molecule is CC1CNCC1N1CCN(C(C)(C)C)CC1. The minimum atomic E-state index is 0.339. The maximum Gasteiger partial charge on any atom is 0.0259 e. The van der Waals surface area contributed by atoms with Crippen molar-refractivity contribution in [3.05, 3.63) is 0 Å². The highest BCUT2D eigenvalue weighted by atomic mass is 15.3. The largest absolute Gasteiger partial charge is 0.315 e. The molecule has 16 heavy (non-hydrogen) atoms. The molecule has 94 valence electrons. The van der Waals surface area contributed by atoms with Gasteiger partial charge < -0.3 is 5.32 Å². The molecule has 3 heteroatoms. The molecule has 0 aliphatic carbocycles. The summed E-state index contributed by atoms with van der Waals surface area (Å²) in [6.45, 7) is 16.7. The second-order valence-electron chi connectivity index (χ2n) is 6.40. The molecule has 0 aromatic rings. The van der Waals surface area contributed by atoms with E-state index in [1.54, 1.807) is 0 Å². The molecule has 0 amide bonds. The molecule has 2 atom stereocenters. The molecule has 2 rings (SSSR count). The molecule has 2 unspecified atom stereocenters. The van der Waals surface area contributed by atoms with Gasteiger partial charge in [0.15, 0.2) is 0 Å². The average Bonchev–Trinajstić information content (AvgIpc) is 2.63. The van der Waals surface area contributed by atoms with E-state index < -0.39 is 0 Å². The summed E-state index contributed by atoms with van der Waals surface area (Å²) in [6.07, 6.45) is 0. The summed E-state index contributed by atoms with van der Waals surface area (Å²) in [5, 5.41) is 3.51. The minimum absolute atomic E-state index is 0.339. The fourth-order valence-corrected chi connectivity index (χ4v) is 3.01. The van der Waals surface area contributed by atoms with E-state index in [1.807, 2.05) is 0 Å². The van der Waals surface area contributed by atoms with Crippen LogP contribution in [0.2, 0.25) is 0 Å². The molecule has 3 nitrogen and oxygen atoms in total. The zero-order valence-corrected chi connectivity index (χ0v) is 11.3. The Morgan fingerprint density at radius 3 is 2.06 bits per heavy atom. The van der Waals surface area contributed by atoms with E-state index in [0.717, 1.165) is 12.0 Å². The molecule has 2 saturated heterocycles. The van der Waals surface area contributed by atoms with Gasteiger partial charge in [0, 0.05) is 44.3 Å². The molecule has 0 aromatic heterocycles. The Hall–Kier alpha value is -0.120. The Morgan fingerprint density at radius 1 is 1.00 bits per heavy atom. The van der Waals surface area contributed by atoms with Gasteiger partial charge in [-0.3, -0.25) is 9.80 Å². The van der Waals surface area contributed by atoms with E-state index in [4.69, 9.17) is 0 Å². The second kappa shape index (κ2) is 4.63. The summed E-state index contributed by atoms with van der Waals surface area (Å²) in [6, 6.07) is 0.780. The summed E-state index contributed by atoms with van der Waals surface area (Å²) in [5.41, 5.74) is 0.339. The van der Waals surface area contributed by atoms with Crippen molar-refractivity contribution in [2.75, 3.05) is 39.3 Å². The predicted octanol–water partition coefficient (Wildman–Crippen LogP) is 1.01. The highest BCUT2D eigenvalue weighted by Crippen LogP contribution is 2.20. The minimum Gasteiger partial charge on any atom is -0.315 e. The lowest BCUT2D eigenvalue weighted by atomic mass is 10.0. The molecule has 2 fully saturated rings. The molecular formula is C13H27N3. The van der Waals surface area contributed by atoms with Gasteiger partial charge in [0.1, 0.15) is 0 Å². The standard InChI is InChI=1S/C13H27N3/c1-11-9-14-10-12(11)15-5-7-16(8-6-15)13(2,3)4/h11-12,14H,5-10H2,1-4H3. The molecule has 0 bridgehead atoms. The average molecular weight is 225 g/mol. The number of nitrogens with one attached hydrogen (secondary N) is 1.